The lowest BCUT2D eigenvalue weighted by Gasteiger charge is -2.38. The number of hydrogen-bond acceptors (Lipinski definition) is 4. The minimum absolute atomic E-state index is 0.0482. The van der Waals surface area contributed by atoms with Crippen molar-refractivity contribution in [2.75, 3.05) is 45.9 Å². The molecule has 3 fully saturated rings. The highest BCUT2D eigenvalue weighted by Gasteiger charge is 2.33. The zero-order chi connectivity index (χ0) is 15.5. The Labute approximate surface area is 133 Å². The molecule has 3 heterocycles. The first-order chi connectivity index (χ1) is 10.6. The van der Waals surface area contributed by atoms with Crippen LogP contribution in [0.3, 0.4) is 0 Å². The molecule has 3 unspecified atom stereocenters. The number of rotatable bonds is 3. The van der Waals surface area contributed by atoms with E-state index in [9.17, 15) is 4.79 Å². The highest BCUT2D eigenvalue weighted by molar-refractivity contribution is 5.78. The SMILES string of the molecule is CC1CC(C)CN(C(=O)CN2CCCC(C3OCCO3)C2)C1. The second-order valence-corrected chi connectivity index (χ2v) is 7.49. The largest absolute Gasteiger partial charge is 0.350 e. The molecule has 22 heavy (non-hydrogen) atoms. The van der Waals surface area contributed by atoms with Crippen LogP contribution >= 0.6 is 0 Å². The standard InChI is InChI=1S/C17H30N2O3/c1-13-8-14(2)10-19(9-13)16(20)12-18-5-3-4-15(11-18)17-21-6-7-22-17/h13-15,17H,3-12H2,1-2H3. The van der Waals surface area contributed by atoms with Gasteiger partial charge in [0.05, 0.1) is 19.8 Å². The normalized spacial score (nSPS) is 35.0. The van der Waals surface area contributed by atoms with Gasteiger partial charge in [-0.15, -0.1) is 0 Å². The highest BCUT2D eigenvalue weighted by atomic mass is 16.7. The first-order valence-corrected chi connectivity index (χ1v) is 8.85. The topological polar surface area (TPSA) is 42.0 Å². The summed E-state index contributed by atoms with van der Waals surface area (Å²) in [7, 11) is 0. The first kappa shape index (κ1) is 16.2. The van der Waals surface area contributed by atoms with Crippen molar-refractivity contribution in [2.45, 2.75) is 39.4 Å². The molecule has 1 amide bonds. The molecular weight excluding hydrogens is 280 g/mol. The second-order valence-electron chi connectivity index (χ2n) is 7.49. The summed E-state index contributed by atoms with van der Waals surface area (Å²) in [6.45, 7) is 10.3. The Morgan fingerprint density at radius 1 is 1.09 bits per heavy atom. The van der Waals surface area contributed by atoms with Crippen molar-refractivity contribution in [3.05, 3.63) is 0 Å². The van der Waals surface area contributed by atoms with E-state index in [4.69, 9.17) is 9.47 Å². The fraction of sp³-hybridized carbons (Fsp3) is 0.941. The van der Waals surface area contributed by atoms with Crippen LogP contribution in [0.1, 0.15) is 33.1 Å². The molecule has 3 rings (SSSR count). The van der Waals surface area contributed by atoms with Gasteiger partial charge in [0.2, 0.25) is 5.91 Å². The number of carbonyl (C=O) groups is 1. The minimum Gasteiger partial charge on any atom is -0.350 e. The zero-order valence-corrected chi connectivity index (χ0v) is 14.0. The van der Waals surface area contributed by atoms with Gasteiger partial charge in [-0.1, -0.05) is 13.8 Å². The molecule has 0 N–H and O–H groups in total. The Morgan fingerprint density at radius 2 is 1.77 bits per heavy atom. The van der Waals surface area contributed by atoms with Crippen molar-refractivity contribution < 1.29 is 14.3 Å². The summed E-state index contributed by atoms with van der Waals surface area (Å²) in [5.74, 6) is 1.97. The van der Waals surface area contributed by atoms with E-state index < -0.39 is 0 Å². The molecule has 3 atom stereocenters. The number of piperidine rings is 2. The molecule has 3 aliphatic rings. The van der Waals surface area contributed by atoms with E-state index in [1.165, 1.54) is 6.42 Å². The Bertz CT molecular complexity index is 374. The second kappa shape index (κ2) is 7.28. The molecule has 0 radical (unpaired) electrons. The van der Waals surface area contributed by atoms with E-state index in [-0.39, 0.29) is 6.29 Å². The van der Waals surface area contributed by atoms with Gasteiger partial charge in [0, 0.05) is 25.6 Å². The van der Waals surface area contributed by atoms with Crippen LogP contribution in [0.15, 0.2) is 0 Å². The Hall–Kier alpha value is -0.650. The van der Waals surface area contributed by atoms with Gasteiger partial charge in [0.15, 0.2) is 6.29 Å². The van der Waals surface area contributed by atoms with Crippen LogP contribution in [0, 0.1) is 17.8 Å². The van der Waals surface area contributed by atoms with Crippen molar-refractivity contribution in [2.24, 2.45) is 17.8 Å². The molecule has 0 aromatic carbocycles. The van der Waals surface area contributed by atoms with E-state index in [1.54, 1.807) is 0 Å². The van der Waals surface area contributed by atoms with E-state index in [0.717, 1.165) is 39.0 Å². The maximum Gasteiger partial charge on any atom is 0.236 e. The third-order valence-corrected chi connectivity index (χ3v) is 5.15. The first-order valence-electron chi connectivity index (χ1n) is 8.85. The predicted molar refractivity (Wildman–Crippen MR) is 84.4 cm³/mol. The molecular formula is C17H30N2O3. The third-order valence-electron chi connectivity index (χ3n) is 5.15. The Kier molecular flexibility index (Phi) is 5.37. The maximum atomic E-state index is 12.6. The van der Waals surface area contributed by atoms with Crippen LogP contribution in [0.4, 0.5) is 0 Å². The van der Waals surface area contributed by atoms with Crippen molar-refractivity contribution in [3.63, 3.8) is 0 Å². The van der Waals surface area contributed by atoms with E-state index in [2.05, 4.69) is 23.6 Å². The molecule has 3 aliphatic heterocycles. The number of amides is 1. The van der Waals surface area contributed by atoms with Gasteiger partial charge in [0.25, 0.3) is 0 Å². The number of ether oxygens (including phenoxy) is 2. The molecule has 0 bridgehead atoms. The lowest BCUT2D eigenvalue weighted by atomic mass is 9.92. The predicted octanol–water partition coefficient (Wildman–Crippen LogP) is 1.58. The monoisotopic (exact) mass is 310 g/mol. The molecule has 0 aromatic rings. The summed E-state index contributed by atoms with van der Waals surface area (Å²) in [5, 5.41) is 0. The molecule has 0 saturated carbocycles. The van der Waals surface area contributed by atoms with E-state index in [0.29, 0.717) is 43.4 Å². The number of nitrogens with zero attached hydrogens (tertiary/aromatic N) is 2. The summed E-state index contributed by atoms with van der Waals surface area (Å²) >= 11 is 0. The Balaban J connectivity index is 1.50. The molecule has 0 aromatic heterocycles. The van der Waals surface area contributed by atoms with Crippen LogP contribution in [-0.2, 0) is 14.3 Å². The average Bonchev–Trinajstić information content (AvgIpc) is 3.00. The summed E-state index contributed by atoms with van der Waals surface area (Å²) in [6.07, 6.45) is 3.47. The summed E-state index contributed by atoms with van der Waals surface area (Å²) in [6, 6.07) is 0. The zero-order valence-electron chi connectivity index (χ0n) is 14.0. The quantitative estimate of drug-likeness (QED) is 0.794. The van der Waals surface area contributed by atoms with Gasteiger partial charge < -0.3 is 14.4 Å². The van der Waals surface area contributed by atoms with Gasteiger partial charge in [-0.2, -0.15) is 0 Å². The third kappa shape index (κ3) is 4.00. The molecule has 0 aliphatic carbocycles. The van der Waals surface area contributed by atoms with E-state index in [1.807, 2.05) is 0 Å². The van der Waals surface area contributed by atoms with Crippen LogP contribution in [0.25, 0.3) is 0 Å². The van der Waals surface area contributed by atoms with Crippen molar-refractivity contribution >= 4 is 5.91 Å². The lowest BCUT2D eigenvalue weighted by Crippen LogP contribution is -2.49. The van der Waals surface area contributed by atoms with Crippen molar-refractivity contribution in [3.8, 4) is 0 Å². The average molecular weight is 310 g/mol. The Morgan fingerprint density at radius 3 is 2.45 bits per heavy atom. The smallest absolute Gasteiger partial charge is 0.236 e. The van der Waals surface area contributed by atoms with Gasteiger partial charge in [0.1, 0.15) is 0 Å². The molecule has 0 spiro atoms. The van der Waals surface area contributed by atoms with Crippen LogP contribution in [0.2, 0.25) is 0 Å². The molecule has 5 heteroatoms. The van der Waals surface area contributed by atoms with Gasteiger partial charge in [-0.3, -0.25) is 9.69 Å². The number of hydrogen-bond donors (Lipinski definition) is 0. The van der Waals surface area contributed by atoms with E-state index >= 15 is 0 Å². The lowest BCUT2D eigenvalue weighted by molar-refractivity contribution is -0.137. The van der Waals surface area contributed by atoms with Gasteiger partial charge >= 0.3 is 0 Å². The van der Waals surface area contributed by atoms with Crippen LogP contribution in [0.5, 0.6) is 0 Å². The number of likely N-dealkylation sites (tertiary alicyclic amines) is 2. The summed E-state index contributed by atoms with van der Waals surface area (Å²) in [5.41, 5.74) is 0. The van der Waals surface area contributed by atoms with Crippen molar-refractivity contribution in [1.82, 2.24) is 9.80 Å². The van der Waals surface area contributed by atoms with Gasteiger partial charge in [-0.05, 0) is 37.6 Å². The molecule has 3 saturated heterocycles. The minimum atomic E-state index is -0.0482. The summed E-state index contributed by atoms with van der Waals surface area (Å²) in [4.78, 5) is 17.0. The molecule has 5 nitrogen and oxygen atoms in total. The van der Waals surface area contributed by atoms with Crippen molar-refractivity contribution in [1.29, 1.82) is 0 Å². The molecule has 126 valence electrons. The van der Waals surface area contributed by atoms with Crippen LogP contribution < -0.4 is 0 Å². The summed E-state index contributed by atoms with van der Waals surface area (Å²) < 4.78 is 11.3. The van der Waals surface area contributed by atoms with Crippen LogP contribution in [-0.4, -0.2) is 67.9 Å². The fourth-order valence-electron chi connectivity index (χ4n) is 4.26. The fourth-order valence-corrected chi connectivity index (χ4v) is 4.26. The highest BCUT2D eigenvalue weighted by Crippen LogP contribution is 2.25. The van der Waals surface area contributed by atoms with Gasteiger partial charge in [-0.25, -0.2) is 0 Å². The number of carbonyl (C=O) groups excluding carboxylic acids is 1. The maximum absolute atomic E-state index is 12.6.